The zero-order valence-electron chi connectivity index (χ0n) is 16.4. The third-order valence-corrected chi connectivity index (χ3v) is 6.70. The number of carbonyl (C=O) groups excluding carboxylic acids is 1. The van der Waals surface area contributed by atoms with Crippen LogP contribution >= 0.6 is 23.4 Å². The molecule has 2 atom stereocenters. The lowest BCUT2D eigenvalue weighted by molar-refractivity contribution is -0.137. The maximum Gasteiger partial charge on any atom is 0.417 e. The van der Waals surface area contributed by atoms with E-state index in [1.54, 1.807) is 12.1 Å². The fourth-order valence-electron chi connectivity index (χ4n) is 3.84. The van der Waals surface area contributed by atoms with Gasteiger partial charge in [-0.3, -0.25) is 4.79 Å². The monoisotopic (exact) mass is 464 g/mol. The summed E-state index contributed by atoms with van der Waals surface area (Å²) in [6.45, 7) is 0.500. The smallest absolute Gasteiger partial charge is 0.361 e. The van der Waals surface area contributed by atoms with E-state index >= 15 is 0 Å². The van der Waals surface area contributed by atoms with E-state index in [9.17, 15) is 18.0 Å². The predicted molar refractivity (Wildman–Crippen MR) is 120 cm³/mol. The standard InChI is InChI=1S/C23H20ClF3N2OS/c24-19-8-7-14(10-18(19)23(25,26)27)17-5-3-9-28-22(17)21(30)13-31-12-15-11-29-20-6-2-1-4-16(15)20/h1-8,10-11,17,22,28-29H,9,12-13H2. The molecule has 0 amide bonds. The molecule has 162 valence electrons. The summed E-state index contributed by atoms with van der Waals surface area (Å²) < 4.78 is 39.8. The molecule has 2 unspecified atom stereocenters. The highest BCUT2D eigenvalue weighted by atomic mass is 35.5. The molecule has 2 N–H and O–H groups in total. The largest absolute Gasteiger partial charge is 0.417 e. The number of nitrogens with one attached hydrogen (secondary N) is 2. The summed E-state index contributed by atoms with van der Waals surface area (Å²) in [7, 11) is 0. The summed E-state index contributed by atoms with van der Waals surface area (Å²) in [6, 6.07) is 11.2. The second kappa shape index (κ2) is 9.10. The zero-order chi connectivity index (χ0) is 22.0. The molecule has 4 rings (SSSR count). The Balaban J connectivity index is 1.46. The molecular weight excluding hydrogens is 445 g/mol. The van der Waals surface area contributed by atoms with Crippen LogP contribution in [0.15, 0.2) is 60.8 Å². The van der Waals surface area contributed by atoms with Gasteiger partial charge in [-0.05, 0) is 29.3 Å². The molecule has 3 nitrogen and oxygen atoms in total. The van der Waals surface area contributed by atoms with Crippen LogP contribution in [0.4, 0.5) is 13.2 Å². The highest BCUT2D eigenvalue weighted by molar-refractivity contribution is 7.99. The number of hydrogen-bond acceptors (Lipinski definition) is 3. The molecule has 0 spiro atoms. The number of fused-ring (bicyclic) bond motifs is 1. The van der Waals surface area contributed by atoms with Gasteiger partial charge in [0.05, 0.1) is 22.4 Å². The van der Waals surface area contributed by atoms with Crippen LogP contribution in [-0.2, 0) is 16.7 Å². The van der Waals surface area contributed by atoms with Crippen LogP contribution in [0.25, 0.3) is 10.9 Å². The molecule has 0 radical (unpaired) electrons. The van der Waals surface area contributed by atoms with E-state index in [1.165, 1.54) is 17.8 Å². The van der Waals surface area contributed by atoms with Crippen LogP contribution in [0.1, 0.15) is 22.6 Å². The van der Waals surface area contributed by atoms with Crippen molar-refractivity contribution in [1.29, 1.82) is 0 Å². The summed E-state index contributed by atoms with van der Waals surface area (Å²) in [5.74, 6) is 0.416. The maximum absolute atomic E-state index is 13.3. The third-order valence-electron chi connectivity index (χ3n) is 5.36. The van der Waals surface area contributed by atoms with Crippen molar-refractivity contribution in [2.75, 3.05) is 12.3 Å². The van der Waals surface area contributed by atoms with Gasteiger partial charge in [0.15, 0.2) is 5.78 Å². The van der Waals surface area contributed by atoms with Crippen molar-refractivity contribution in [1.82, 2.24) is 10.3 Å². The van der Waals surface area contributed by atoms with Gasteiger partial charge in [-0.15, -0.1) is 11.8 Å². The lowest BCUT2D eigenvalue weighted by Gasteiger charge is -2.28. The fraction of sp³-hybridized carbons (Fsp3) is 0.261. The number of thioether (sulfide) groups is 1. The third kappa shape index (κ3) is 4.84. The van der Waals surface area contributed by atoms with Gasteiger partial charge in [-0.2, -0.15) is 13.2 Å². The Morgan fingerprint density at radius 1 is 1.19 bits per heavy atom. The van der Waals surface area contributed by atoms with E-state index in [0.717, 1.165) is 22.5 Å². The zero-order valence-corrected chi connectivity index (χ0v) is 18.0. The molecule has 0 saturated heterocycles. The minimum atomic E-state index is -4.55. The van der Waals surface area contributed by atoms with E-state index in [0.29, 0.717) is 17.9 Å². The highest BCUT2D eigenvalue weighted by Crippen LogP contribution is 2.37. The second-order valence-corrected chi connectivity index (χ2v) is 8.79. The molecule has 1 aromatic heterocycles. The Morgan fingerprint density at radius 2 is 2.00 bits per heavy atom. The average molecular weight is 465 g/mol. The number of ketones is 1. The number of para-hydroxylation sites is 1. The molecule has 1 aliphatic heterocycles. The molecular formula is C23H20ClF3N2OS. The molecule has 2 heterocycles. The van der Waals surface area contributed by atoms with Gasteiger partial charge >= 0.3 is 6.18 Å². The molecule has 1 aliphatic rings. The molecule has 0 bridgehead atoms. The Bertz CT molecular complexity index is 1130. The normalized spacial score (nSPS) is 19.1. The van der Waals surface area contributed by atoms with Crippen molar-refractivity contribution < 1.29 is 18.0 Å². The number of aromatic amines is 1. The second-order valence-electron chi connectivity index (χ2n) is 7.40. The van der Waals surface area contributed by atoms with Crippen molar-refractivity contribution in [2.24, 2.45) is 0 Å². The Labute approximate surface area is 187 Å². The van der Waals surface area contributed by atoms with E-state index in [4.69, 9.17) is 11.6 Å². The number of aromatic nitrogens is 1. The first-order valence-corrected chi connectivity index (χ1v) is 11.3. The summed E-state index contributed by atoms with van der Waals surface area (Å²) in [5, 5.41) is 3.92. The SMILES string of the molecule is O=C(CSCc1c[nH]c2ccccc12)C1NCC=CC1c1ccc(Cl)c(C(F)(F)F)c1. The number of carbonyl (C=O) groups is 1. The summed E-state index contributed by atoms with van der Waals surface area (Å²) in [5.41, 5.74) is 1.70. The summed E-state index contributed by atoms with van der Waals surface area (Å²) in [6.07, 6.45) is 1.02. The molecule has 2 aromatic carbocycles. The van der Waals surface area contributed by atoms with Crippen molar-refractivity contribution in [3.05, 3.63) is 82.5 Å². The van der Waals surface area contributed by atoms with Gasteiger partial charge in [0, 0.05) is 35.3 Å². The molecule has 0 saturated carbocycles. The van der Waals surface area contributed by atoms with Crippen LogP contribution in [0.5, 0.6) is 0 Å². The molecule has 8 heteroatoms. The van der Waals surface area contributed by atoms with Crippen molar-refractivity contribution in [3.8, 4) is 0 Å². The first kappa shape index (κ1) is 22.0. The van der Waals surface area contributed by atoms with E-state index < -0.39 is 23.7 Å². The van der Waals surface area contributed by atoms with Gasteiger partial charge < -0.3 is 10.3 Å². The molecule has 31 heavy (non-hydrogen) atoms. The topological polar surface area (TPSA) is 44.9 Å². The Hall–Kier alpha value is -2.22. The van der Waals surface area contributed by atoms with E-state index in [2.05, 4.69) is 10.3 Å². The lowest BCUT2D eigenvalue weighted by atomic mass is 9.86. The molecule has 0 aliphatic carbocycles. The van der Waals surface area contributed by atoms with Crippen LogP contribution in [-0.4, -0.2) is 29.1 Å². The van der Waals surface area contributed by atoms with Gasteiger partial charge in [0.1, 0.15) is 0 Å². The van der Waals surface area contributed by atoms with E-state index in [-0.39, 0.29) is 16.6 Å². The average Bonchev–Trinajstić information content (AvgIpc) is 3.16. The van der Waals surface area contributed by atoms with Gasteiger partial charge in [-0.1, -0.05) is 48.0 Å². The van der Waals surface area contributed by atoms with Gasteiger partial charge in [0.25, 0.3) is 0 Å². The Kier molecular flexibility index (Phi) is 6.46. The quantitative estimate of drug-likeness (QED) is 0.443. The predicted octanol–water partition coefficient (Wildman–Crippen LogP) is 5.95. The number of alkyl halides is 3. The Morgan fingerprint density at radius 3 is 2.81 bits per heavy atom. The number of rotatable bonds is 6. The first-order valence-electron chi connectivity index (χ1n) is 9.77. The minimum absolute atomic E-state index is 0.0392. The summed E-state index contributed by atoms with van der Waals surface area (Å²) in [4.78, 5) is 16.2. The van der Waals surface area contributed by atoms with Crippen LogP contribution in [0.3, 0.4) is 0 Å². The van der Waals surface area contributed by atoms with Gasteiger partial charge in [-0.25, -0.2) is 0 Å². The number of Topliss-reactive ketones (excluding diaryl/α,β-unsaturated/α-hetero) is 1. The van der Waals surface area contributed by atoms with Crippen molar-refractivity contribution in [2.45, 2.75) is 23.9 Å². The first-order chi connectivity index (χ1) is 14.8. The van der Waals surface area contributed by atoms with Crippen LogP contribution in [0, 0.1) is 0 Å². The van der Waals surface area contributed by atoms with Crippen LogP contribution in [0.2, 0.25) is 5.02 Å². The van der Waals surface area contributed by atoms with E-state index in [1.807, 2.05) is 36.5 Å². The highest BCUT2D eigenvalue weighted by Gasteiger charge is 2.35. The van der Waals surface area contributed by atoms with Gasteiger partial charge in [0.2, 0.25) is 0 Å². The molecule has 3 aromatic rings. The number of hydrogen-bond donors (Lipinski definition) is 2. The van der Waals surface area contributed by atoms with Crippen LogP contribution < -0.4 is 5.32 Å². The number of halogens is 4. The fourth-order valence-corrected chi connectivity index (χ4v) is 5.00. The summed E-state index contributed by atoms with van der Waals surface area (Å²) >= 11 is 7.25. The maximum atomic E-state index is 13.3. The van der Waals surface area contributed by atoms with Crippen molar-refractivity contribution >= 4 is 40.0 Å². The number of H-pyrrole nitrogens is 1. The van der Waals surface area contributed by atoms with Crippen molar-refractivity contribution in [3.63, 3.8) is 0 Å². The minimum Gasteiger partial charge on any atom is -0.361 e. The number of benzene rings is 2. The molecule has 0 fully saturated rings. The lowest BCUT2D eigenvalue weighted by Crippen LogP contribution is -2.44.